The number of nitrogens with zero attached hydrogens (tertiary/aromatic N) is 3. The molecule has 0 N–H and O–H groups in total. The Kier molecular flexibility index (Phi) is 8.16. The van der Waals surface area contributed by atoms with E-state index < -0.39 is 0 Å². The molecule has 1 aromatic heterocycles. The summed E-state index contributed by atoms with van der Waals surface area (Å²) in [6, 6.07) is 8.52. The van der Waals surface area contributed by atoms with Crippen LogP contribution in [-0.2, 0) is 6.42 Å². The molecule has 5 nitrogen and oxygen atoms in total. The summed E-state index contributed by atoms with van der Waals surface area (Å²) in [6.45, 7) is 2.25. The Morgan fingerprint density at radius 3 is 2.12 bits per heavy atom. The second-order valence-corrected chi connectivity index (χ2v) is 6.60. The van der Waals surface area contributed by atoms with E-state index in [1.165, 1.54) is 69.9 Å². The molecule has 0 atom stereocenters. The number of aryl methyl sites for hydroxylation is 1. The monoisotopic (exact) mass is 343 g/mol. The van der Waals surface area contributed by atoms with Crippen LogP contribution < -0.4 is 0 Å². The van der Waals surface area contributed by atoms with Crippen molar-refractivity contribution in [3.05, 3.63) is 52.3 Å². The van der Waals surface area contributed by atoms with Crippen LogP contribution in [0, 0.1) is 10.1 Å². The lowest BCUT2D eigenvalue weighted by atomic mass is 10.1. The number of rotatable bonds is 12. The molecule has 0 aliphatic carbocycles. The predicted octanol–water partition coefficient (Wildman–Crippen LogP) is 5.85. The summed E-state index contributed by atoms with van der Waals surface area (Å²) in [6.07, 6.45) is 14.8. The Balaban J connectivity index is 1.67. The topological polar surface area (TPSA) is 61.0 Å². The summed E-state index contributed by atoms with van der Waals surface area (Å²) in [4.78, 5) is 10.3. The van der Waals surface area contributed by atoms with Crippen molar-refractivity contribution >= 4 is 5.69 Å². The molecule has 0 unspecified atom stereocenters. The predicted molar refractivity (Wildman–Crippen MR) is 101 cm³/mol. The van der Waals surface area contributed by atoms with E-state index in [1.807, 2.05) is 12.3 Å². The van der Waals surface area contributed by atoms with Crippen molar-refractivity contribution in [2.75, 3.05) is 0 Å². The Bertz CT molecular complexity index is 635. The van der Waals surface area contributed by atoms with E-state index in [-0.39, 0.29) is 10.6 Å². The molecule has 5 heteroatoms. The number of hydrogen-bond acceptors (Lipinski definition) is 3. The summed E-state index contributed by atoms with van der Waals surface area (Å²) in [5, 5.41) is 15.3. The number of non-ortho nitro benzene ring substituents is 1. The quantitative estimate of drug-likeness (QED) is 0.276. The number of benzene rings is 1. The fraction of sp³-hybridized carbons (Fsp3) is 0.550. The minimum Gasteiger partial charge on any atom is -0.258 e. The highest BCUT2D eigenvalue weighted by Crippen LogP contribution is 2.16. The lowest BCUT2D eigenvalue weighted by molar-refractivity contribution is -0.384. The third kappa shape index (κ3) is 6.69. The van der Waals surface area contributed by atoms with Gasteiger partial charge in [-0.05, 0) is 31.0 Å². The van der Waals surface area contributed by atoms with E-state index in [1.54, 1.807) is 16.8 Å². The molecule has 0 saturated carbocycles. The molecular weight excluding hydrogens is 314 g/mol. The minimum absolute atomic E-state index is 0.103. The SMILES string of the molecule is CCCCCCCCCCCc1ccn(-c2ccc([N+](=O)[O-])cc2)n1. The zero-order valence-corrected chi connectivity index (χ0v) is 15.2. The van der Waals surface area contributed by atoms with E-state index in [0.717, 1.165) is 17.8 Å². The van der Waals surface area contributed by atoms with Gasteiger partial charge in [0.15, 0.2) is 0 Å². The summed E-state index contributed by atoms with van der Waals surface area (Å²) >= 11 is 0. The summed E-state index contributed by atoms with van der Waals surface area (Å²) in [5.74, 6) is 0. The fourth-order valence-corrected chi connectivity index (χ4v) is 2.98. The Morgan fingerprint density at radius 2 is 1.52 bits per heavy atom. The van der Waals surface area contributed by atoms with Crippen LogP contribution in [0.1, 0.15) is 70.4 Å². The van der Waals surface area contributed by atoms with Crippen LogP contribution in [0.25, 0.3) is 5.69 Å². The van der Waals surface area contributed by atoms with Gasteiger partial charge in [0, 0.05) is 18.3 Å². The van der Waals surface area contributed by atoms with Gasteiger partial charge in [-0.1, -0.05) is 58.3 Å². The molecule has 2 aromatic rings. The highest BCUT2D eigenvalue weighted by Gasteiger charge is 2.06. The van der Waals surface area contributed by atoms with Crippen LogP contribution in [0.3, 0.4) is 0 Å². The zero-order chi connectivity index (χ0) is 17.9. The van der Waals surface area contributed by atoms with Crippen LogP contribution >= 0.6 is 0 Å². The fourth-order valence-electron chi connectivity index (χ4n) is 2.98. The normalized spacial score (nSPS) is 10.9. The van der Waals surface area contributed by atoms with E-state index in [4.69, 9.17) is 0 Å². The first-order valence-corrected chi connectivity index (χ1v) is 9.50. The maximum absolute atomic E-state index is 10.7. The largest absolute Gasteiger partial charge is 0.269 e. The molecule has 1 heterocycles. The maximum atomic E-state index is 10.7. The van der Waals surface area contributed by atoms with Crippen molar-refractivity contribution in [2.45, 2.75) is 71.1 Å². The lowest BCUT2D eigenvalue weighted by Crippen LogP contribution is -1.97. The molecule has 0 saturated heterocycles. The smallest absolute Gasteiger partial charge is 0.258 e. The third-order valence-electron chi connectivity index (χ3n) is 4.51. The van der Waals surface area contributed by atoms with Gasteiger partial charge in [0.1, 0.15) is 0 Å². The van der Waals surface area contributed by atoms with Gasteiger partial charge < -0.3 is 0 Å². The lowest BCUT2D eigenvalue weighted by Gasteiger charge is -2.02. The van der Waals surface area contributed by atoms with Gasteiger partial charge in [-0.3, -0.25) is 10.1 Å². The number of aromatic nitrogens is 2. The first-order valence-electron chi connectivity index (χ1n) is 9.50. The van der Waals surface area contributed by atoms with Gasteiger partial charge in [-0.25, -0.2) is 4.68 Å². The highest BCUT2D eigenvalue weighted by atomic mass is 16.6. The Hall–Kier alpha value is -2.17. The molecule has 25 heavy (non-hydrogen) atoms. The van der Waals surface area contributed by atoms with Crippen LogP contribution in [0.4, 0.5) is 5.69 Å². The maximum Gasteiger partial charge on any atom is 0.269 e. The second-order valence-electron chi connectivity index (χ2n) is 6.60. The first kappa shape index (κ1) is 19.2. The highest BCUT2D eigenvalue weighted by molar-refractivity contribution is 5.40. The number of nitro groups is 1. The van der Waals surface area contributed by atoms with Crippen LogP contribution in [0.5, 0.6) is 0 Å². The van der Waals surface area contributed by atoms with Crippen molar-refractivity contribution in [3.63, 3.8) is 0 Å². The van der Waals surface area contributed by atoms with Gasteiger partial charge in [-0.2, -0.15) is 5.10 Å². The standard InChI is InChI=1S/C20H29N3O2/c1-2-3-4-5-6-7-8-9-10-11-18-16-17-22(21-18)19-12-14-20(15-13-19)23(24)25/h12-17H,2-11H2,1H3. The Morgan fingerprint density at radius 1 is 0.920 bits per heavy atom. The zero-order valence-electron chi connectivity index (χ0n) is 15.2. The molecule has 0 aliphatic heterocycles. The summed E-state index contributed by atoms with van der Waals surface area (Å²) < 4.78 is 1.78. The van der Waals surface area contributed by atoms with Crippen molar-refractivity contribution < 1.29 is 4.92 Å². The van der Waals surface area contributed by atoms with E-state index in [0.29, 0.717) is 0 Å². The Labute approximate surface area is 150 Å². The van der Waals surface area contributed by atoms with Crippen LogP contribution in [0.15, 0.2) is 36.5 Å². The van der Waals surface area contributed by atoms with Gasteiger partial charge in [0.25, 0.3) is 5.69 Å². The summed E-state index contributed by atoms with van der Waals surface area (Å²) in [7, 11) is 0. The van der Waals surface area contributed by atoms with E-state index in [2.05, 4.69) is 12.0 Å². The molecule has 1 aromatic carbocycles. The summed E-state index contributed by atoms with van der Waals surface area (Å²) in [5.41, 5.74) is 2.04. The molecule has 0 radical (unpaired) electrons. The number of unbranched alkanes of at least 4 members (excludes halogenated alkanes) is 8. The molecular formula is C20H29N3O2. The molecule has 2 rings (SSSR count). The minimum atomic E-state index is -0.387. The van der Waals surface area contributed by atoms with Gasteiger partial charge >= 0.3 is 0 Å². The van der Waals surface area contributed by atoms with Crippen molar-refractivity contribution in [1.82, 2.24) is 9.78 Å². The molecule has 0 amide bonds. The van der Waals surface area contributed by atoms with Crippen molar-refractivity contribution in [2.24, 2.45) is 0 Å². The van der Waals surface area contributed by atoms with E-state index >= 15 is 0 Å². The van der Waals surface area contributed by atoms with Crippen LogP contribution in [0.2, 0.25) is 0 Å². The van der Waals surface area contributed by atoms with Crippen molar-refractivity contribution in [1.29, 1.82) is 0 Å². The average molecular weight is 343 g/mol. The van der Waals surface area contributed by atoms with Crippen LogP contribution in [-0.4, -0.2) is 14.7 Å². The first-order chi connectivity index (χ1) is 12.2. The van der Waals surface area contributed by atoms with Gasteiger partial charge in [0.2, 0.25) is 0 Å². The molecule has 136 valence electrons. The molecule has 0 fully saturated rings. The number of nitro benzene ring substituents is 1. The van der Waals surface area contributed by atoms with Gasteiger partial charge in [0.05, 0.1) is 16.3 Å². The van der Waals surface area contributed by atoms with E-state index in [9.17, 15) is 10.1 Å². The molecule has 0 spiro atoms. The average Bonchev–Trinajstić information content (AvgIpc) is 3.09. The second kappa shape index (κ2) is 10.6. The van der Waals surface area contributed by atoms with Crippen molar-refractivity contribution in [3.8, 4) is 5.69 Å². The van der Waals surface area contributed by atoms with Gasteiger partial charge in [-0.15, -0.1) is 0 Å². The molecule has 0 aliphatic rings. The third-order valence-corrected chi connectivity index (χ3v) is 4.51. The number of hydrogen-bond donors (Lipinski definition) is 0. The molecule has 0 bridgehead atoms.